The quantitative estimate of drug-likeness (QED) is 0.662. The largest absolute Gasteiger partial charge is 0.503 e. The minimum absolute atomic E-state index is 0.00844. The van der Waals surface area contributed by atoms with Crippen LogP contribution in [0.4, 0.5) is 0 Å². The van der Waals surface area contributed by atoms with Crippen LogP contribution in [0.3, 0.4) is 0 Å². The second-order valence-electron chi connectivity index (χ2n) is 5.69. The lowest BCUT2D eigenvalue weighted by molar-refractivity contribution is -0.733. The number of rotatable bonds is 2. The molecular weight excluding hydrogens is 260 g/mol. The third-order valence-corrected chi connectivity index (χ3v) is 3.67. The van der Waals surface area contributed by atoms with E-state index in [0.29, 0.717) is 0 Å². The van der Waals surface area contributed by atoms with E-state index in [9.17, 15) is 4.79 Å². The number of hydrogen-bond acceptors (Lipinski definition) is 1. The van der Waals surface area contributed by atoms with Gasteiger partial charge in [0.2, 0.25) is 0 Å². The maximum absolute atomic E-state index is 12.6. The van der Waals surface area contributed by atoms with E-state index in [1.54, 1.807) is 9.13 Å². The highest BCUT2D eigenvalue weighted by Gasteiger charge is 2.16. The Morgan fingerprint density at radius 1 is 1.05 bits per heavy atom. The normalized spacial score (nSPS) is 11.2. The lowest BCUT2D eigenvalue weighted by Crippen LogP contribution is -2.55. The summed E-state index contributed by atoms with van der Waals surface area (Å²) in [5.74, 6) is 0. The Labute approximate surface area is 124 Å². The van der Waals surface area contributed by atoms with Gasteiger partial charge in [0.25, 0.3) is 0 Å². The minimum atomic E-state index is -0.00844. The van der Waals surface area contributed by atoms with E-state index in [4.69, 9.17) is 0 Å². The molecule has 0 fully saturated rings. The molecule has 2 aromatic carbocycles. The van der Waals surface area contributed by atoms with Crippen molar-refractivity contribution in [1.82, 2.24) is 4.57 Å². The molecule has 0 aliphatic carbocycles. The average molecular weight is 279 g/mol. The van der Waals surface area contributed by atoms with Crippen LogP contribution >= 0.6 is 0 Å². The van der Waals surface area contributed by atoms with Gasteiger partial charge in [-0.15, -0.1) is 0 Å². The Morgan fingerprint density at radius 2 is 1.76 bits per heavy atom. The van der Waals surface area contributed by atoms with Crippen LogP contribution in [-0.2, 0) is 0 Å². The van der Waals surface area contributed by atoms with Crippen LogP contribution in [-0.4, -0.2) is 4.57 Å². The van der Waals surface area contributed by atoms with Crippen molar-refractivity contribution >= 4 is 10.8 Å². The molecule has 3 heteroatoms. The zero-order valence-electron chi connectivity index (χ0n) is 12.6. The Bertz CT molecular complexity index is 862. The number of aryl methyl sites for hydroxylation is 1. The van der Waals surface area contributed by atoms with E-state index in [1.165, 1.54) is 5.39 Å². The van der Waals surface area contributed by atoms with Crippen molar-refractivity contribution in [3.63, 3.8) is 0 Å². The molecule has 0 spiro atoms. The summed E-state index contributed by atoms with van der Waals surface area (Å²) in [5.41, 5.74) is 1.96. The standard InChI is InChI=1S/C18H19N2O/c1-13(2)19-11-14(3)12-20(18(19)21)17-9-8-15-6-4-5-7-16(15)10-17/h4-13H,1-3H3/q+1. The predicted octanol–water partition coefficient (Wildman–Crippen LogP) is 3.17. The molecular formula is C18H19N2O+. The highest BCUT2D eigenvalue weighted by Crippen LogP contribution is 2.17. The Kier molecular flexibility index (Phi) is 3.34. The van der Waals surface area contributed by atoms with Crippen molar-refractivity contribution in [2.24, 2.45) is 0 Å². The van der Waals surface area contributed by atoms with E-state index in [2.05, 4.69) is 24.3 Å². The Morgan fingerprint density at radius 3 is 2.48 bits per heavy atom. The molecule has 0 amide bonds. The molecule has 0 aliphatic rings. The van der Waals surface area contributed by atoms with E-state index in [0.717, 1.165) is 16.6 Å². The van der Waals surface area contributed by atoms with Crippen LogP contribution in [0, 0.1) is 6.92 Å². The molecule has 1 heterocycles. The summed E-state index contributed by atoms with van der Waals surface area (Å²) in [6.45, 7) is 6.05. The molecule has 3 rings (SSSR count). The van der Waals surface area contributed by atoms with Gasteiger partial charge in [0.05, 0.1) is 6.04 Å². The van der Waals surface area contributed by atoms with E-state index < -0.39 is 0 Å². The molecule has 0 N–H and O–H groups in total. The maximum Gasteiger partial charge on any atom is 0.503 e. The first-order valence-corrected chi connectivity index (χ1v) is 7.20. The topological polar surface area (TPSA) is 25.9 Å². The van der Waals surface area contributed by atoms with Crippen molar-refractivity contribution in [3.8, 4) is 5.69 Å². The highest BCUT2D eigenvalue weighted by molar-refractivity contribution is 5.84. The number of aromatic nitrogens is 2. The minimum Gasteiger partial charge on any atom is -0.196 e. The van der Waals surface area contributed by atoms with E-state index in [1.807, 2.05) is 51.4 Å². The van der Waals surface area contributed by atoms with Gasteiger partial charge in [0, 0.05) is 5.56 Å². The van der Waals surface area contributed by atoms with Crippen molar-refractivity contribution < 1.29 is 4.57 Å². The fraction of sp³-hybridized carbons (Fsp3) is 0.222. The first kappa shape index (κ1) is 13.6. The number of fused-ring (bicyclic) bond motifs is 1. The van der Waals surface area contributed by atoms with Gasteiger partial charge in [-0.25, -0.2) is 0 Å². The number of benzene rings is 2. The Balaban J connectivity index is 2.25. The predicted molar refractivity (Wildman–Crippen MR) is 84.9 cm³/mol. The van der Waals surface area contributed by atoms with Crippen LogP contribution in [0.25, 0.3) is 16.5 Å². The van der Waals surface area contributed by atoms with Gasteiger partial charge in [-0.2, -0.15) is 13.9 Å². The van der Waals surface area contributed by atoms with Crippen LogP contribution in [0.5, 0.6) is 0 Å². The highest BCUT2D eigenvalue weighted by atomic mass is 16.1. The van der Waals surface area contributed by atoms with Gasteiger partial charge in [-0.1, -0.05) is 30.3 Å². The van der Waals surface area contributed by atoms with Gasteiger partial charge in [-0.05, 0) is 43.7 Å². The van der Waals surface area contributed by atoms with Gasteiger partial charge in [0.1, 0.15) is 18.1 Å². The Hall–Kier alpha value is -2.42. The lowest BCUT2D eigenvalue weighted by Gasteiger charge is -2.07. The monoisotopic (exact) mass is 279 g/mol. The van der Waals surface area contributed by atoms with Crippen molar-refractivity contribution in [1.29, 1.82) is 0 Å². The fourth-order valence-corrected chi connectivity index (χ4v) is 2.57. The second-order valence-corrected chi connectivity index (χ2v) is 5.69. The van der Waals surface area contributed by atoms with Crippen LogP contribution in [0.15, 0.2) is 59.7 Å². The lowest BCUT2D eigenvalue weighted by atomic mass is 10.1. The van der Waals surface area contributed by atoms with E-state index >= 15 is 0 Å². The zero-order valence-corrected chi connectivity index (χ0v) is 12.6. The summed E-state index contributed by atoms with van der Waals surface area (Å²) in [6.07, 6.45) is 3.80. The molecule has 0 saturated heterocycles. The van der Waals surface area contributed by atoms with Gasteiger partial charge in [0.15, 0.2) is 0 Å². The van der Waals surface area contributed by atoms with Crippen LogP contribution < -0.4 is 10.3 Å². The summed E-state index contributed by atoms with van der Waals surface area (Å²) in [5, 5.41) is 2.32. The molecule has 1 aromatic heterocycles. The van der Waals surface area contributed by atoms with Gasteiger partial charge >= 0.3 is 5.69 Å². The molecule has 0 radical (unpaired) electrons. The second kappa shape index (κ2) is 5.17. The summed E-state index contributed by atoms with van der Waals surface area (Å²) >= 11 is 0. The average Bonchev–Trinajstić information content (AvgIpc) is 2.48. The summed E-state index contributed by atoms with van der Waals surface area (Å²) < 4.78 is 3.49. The van der Waals surface area contributed by atoms with E-state index in [-0.39, 0.29) is 11.7 Å². The van der Waals surface area contributed by atoms with Crippen LogP contribution in [0.1, 0.15) is 25.5 Å². The van der Waals surface area contributed by atoms with Crippen LogP contribution in [0.2, 0.25) is 0 Å². The number of nitrogens with zero attached hydrogens (tertiary/aromatic N) is 2. The summed E-state index contributed by atoms with van der Waals surface area (Å²) in [7, 11) is 0. The molecule has 0 bridgehead atoms. The van der Waals surface area contributed by atoms with Crippen molar-refractivity contribution in [3.05, 3.63) is 70.9 Å². The molecule has 0 aliphatic heterocycles. The summed E-state index contributed by atoms with van der Waals surface area (Å²) in [4.78, 5) is 12.6. The smallest absolute Gasteiger partial charge is 0.196 e. The molecule has 21 heavy (non-hydrogen) atoms. The van der Waals surface area contributed by atoms with Crippen molar-refractivity contribution in [2.75, 3.05) is 0 Å². The molecule has 0 unspecified atom stereocenters. The van der Waals surface area contributed by atoms with Gasteiger partial charge < -0.3 is 0 Å². The zero-order chi connectivity index (χ0) is 15.0. The molecule has 106 valence electrons. The third-order valence-electron chi connectivity index (χ3n) is 3.67. The SMILES string of the molecule is Cc1cn(-c2ccc3ccccc3c2)c(=O)[n+](C(C)C)c1. The summed E-state index contributed by atoms with van der Waals surface area (Å²) in [6, 6.07) is 14.4. The molecule has 3 aromatic rings. The fourth-order valence-electron chi connectivity index (χ4n) is 2.57. The van der Waals surface area contributed by atoms with Crippen molar-refractivity contribution in [2.45, 2.75) is 26.8 Å². The molecule has 3 nitrogen and oxygen atoms in total. The van der Waals surface area contributed by atoms with Gasteiger partial charge in [-0.3, -0.25) is 0 Å². The third kappa shape index (κ3) is 2.47. The number of hydrogen-bond donors (Lipinski definition) is 0. The molecule has 0 atom stereocenters. The first-order chi connectivity index (χ1) is 10.1. The molecule has 0 saturated carbocycles. The maximum atomic E-state index is 12.6. The first-order valence-electron chi connectivity index (χ1n) is 7.20.